The van der Waals surface area contributed by atoms with Gasteiger partial charge in [0.05, 0.1) is 13.2 Å². The second kappa shape index (κ2) is 5.65. The number of esters is 1. The Morgan fingerprint density at radius 2 is 2.50 bits per heavy atom. The number of methoxy groups -OCH3 is 1. The zero-order valence-corrected chi connectivity index (χ0v) is 8.66. The van der Waals surface area contributed by atoms with Crippen molar-refractivity contribution in [2.45, 2.75) is 31.9 Å². The highest BCUT2D eigenvalue weighted by molar-refractivity contribution is 5.81. The lowest BCUT2D eigenvalue weighted by molar-refractivity contribution is -0.134. The molecule has 1 rings (SSSR count). The molecule has 4 nitrogen and oxygen atoms in total. The smallest absolute Gasteiger partial charge is 0.331 e. The van der Waals surface area contributed by atoms with Crippen LogP contribution in [0.3, 0.4) is 0 Å². The molecule has 1 aliphatic rings. The van der Waals surface area contributed by atoms with E-state index in [2.05, 4.69) is 10.1 Å². The van der Waals surface area contributed by atoms with E-state index in [1.807, 2.05) is 6.92 Å². The Hall–Kier alpha value is -1.03. The van der Waals surface area contributed by atoms with Gasteiger partial charge in [-0.25, -0.2) is 4.79 Å². The summed E-state index contributed by atoms with van der Waals surface area (Å²) >= 11 is 0. The molecular formula is C10H17NO3. The fourth-order valence-electron chi connectivity index (χ4n) is 1.44. The third kappa shape index (κ3) is 3.38. The molecule has 14 heavy (non-hydrogen) atoms. The van der Waals surface area contributed by atoms with Crippen LogP contribution in [0.5, 0.6) is 0 Å². The van der Waals surface area contributed by atoms with Crippen molar-refractivity contribution in [2.75, 3.05) is 13.7 Å². The molecule has 0 radical (unpaired) electrons. The van der Waals surface area contributed by atoms with E-state index in [1.165, 1.54) is 13.2 Å². The van der Waals surface area contributed by atoms with E-state index in [4.69, 9.17) is 4.74 Å². The summed E-state index contributed by atoms with van der Waals surface area (Å²) < 4.78 is 9.95. The second-order valence-corrected chi connectivity index (χ2v) is 3.36. The summed E-state index contributed by atoms with van der Waals surface area (Å²) in [6.07, 6.45) is 5.44. The van der Waals surface area contributed by atoms with Crippen LogP contribution in [0, 0.1) is 0 Å². The molecule has 0 saturated carbocycles. The minimum atomic E-state index is -0.350. The van der Waals surface area contributed by atoms with E-state index < -0.39 is 0 Å². The first kappa shape index (κ1) is 11.0. The van der Waals surface area contributed by atoms with Gasteiger partial charge in [-0.1, -0.05) is 0 Å². The molecule has 0 spiro atoms. The summed E-state index contributed by atoms with van der Waals surface area (Å²) in [4.78, 5) is 10.7. The Labute approximate surface area is 84.3 Å². The van der Waals surface area contributed by atoms with Crippen LogP contribution >= 0.6 is 0 Å². The zero-order valence-electron chi connectivity index (χ0n) is 8.66. The highest BCUT2D eigenvalue weighted by atomic mass is 16.5. The van der Waals surface area contributed by atoms with Gasteiger partial charge in [-0.05, 0) is 19.8 Å². The highest BCUT2D eigenvalue weighted by Gasteiger charge is 2.20. The van der Waals surface area contributed by atoms with Crippen LogP contribution in [0.4, 0.5) is 0 Å². The van der Waals surface area contributed by atoms with Crippen LogP contribution in [0.2, 0.25) is 0 Å². The molecule has 1 fully saturated rings. The normalized spacial score (nSPS) is 23.7. The summed E-state index contributed by atoms with van der Waals surface area (Å²) in [5.74, 6) is -0.350. The van der Waals surface area contributed by atoms with Crippen molar-refractivity contribution in [3.05, 3.63) is 12.3 Å². The van der Waals surface area contributed by atoms with Crippen molar-refractivity contribution in [3.8, 4) is 0 Å². The van der Waals surface area contributed by atoms with Crippen molar-refractivity contribution in [2.24, 2.45) is 0 Å². The lowest BCUT2D eigenvalue weighted by Gasteiger charge is -2.18. The minimum Gasteiger partial charge on any atom is -0.466 e. The molecule has 0 amide bonds. The first-order chi connectivity index (χ1) is 6.74. The van der Waals surface area contributed by atoms with Gasteiger partial charge < -0.3 is 14.8 Å². The minimum absolute atomic E-state index is 0.235. The third-order valence-corrected chi connectivity index (χ3v) is 2.30. The average molecular weight is 199 g/mol. The highest BCUT2D eigenvalue weighted by Crippen LogP contribution is 2.15. The van der Waals surface area contributed by atoms with Gasteiger partial charge in [-0.15, -0.1) is 0 Å². The molecule has 2 atom stereocenters. The van der Waals surface area contributed by atoms with E-state index in [9.17, 15) is 4.79 Å². The molecule has 0 aromatic rings. The molecule has 0 aromatic carbocycles. The molecule has 80 valence electrons. The average Bonchev–Trinajstić information content (AvgIpc) is 2.70. The molecule has 4 heteroatoms. The summed E-state index contributed by atoms with van der Waals surface area (Å²) in [5.41, 5.74) is 0. The summed E-state index contributed by atoms with van der Waals surface area (Å²) in [6.45, 7) is 2.88. The van der Waals surface area contributed by atoms with Gasteiger partial charge in [-0.3, -0.25) is 0 Å². The van der Waals surface area contributed by atoms with E-state index in [1.54, 1.807) is 6.20 Å². The van der Waals surface area contributed by atoms with Crippen LogP contribution < -0.4 is 5.32 Å². The Morgan fingerprint density at radius 3 is 3.07 bits per heavy atom. The molecular weight excluding hydrogens is 182 g/mol. The van der Waals surface area contributed by atoms with Crippen LogP contribution in [0.15, 0.2) is 12.3 Å². The number of ether oxygens (including phenoxy) is 2. The van der Waals surface area contributed by atoms with Gasteiger partial charge in [0.1, 0.15) is 0 Å². The van der Waals surface area contributed by atoms with Crippen LogP contribution in [0.25, 0.3) is 0 Å². The topological polar surface area (TPSA) is 47.6 Å². The summed E-state index contributed by atoms with van der Waals surface area (Å²) in [7, 11) is 1.36. The molecule has 0 bridgehead atoms. The van der Waals surface area contributed by atoms with E-state index in [0.29, 0.717) is 0 Å². The van der Waals surface area contributed by atoms with Crippen molar-refractivity contribution in [1.82, 2.24) is 5.32 Å². The van der Waals surface area contributed by atoms with Crippen LogP contribution in [-0.4, -0.2) is 31.8 Å². The number of carbonyl (C=O) groups is 1. The zero-order chi connectivity index (χ0) is 10.4. The largest absolute Gasteiger partial charge is 0.466 e. The molecule has 2 unspecified atom stereocenters. The lowest BCUT2D eigenvalue weighted by Crippen LogP contribution is -2.33. The van der Waals surface area contributed by atoms with E-state index in [0.717, 1.165) is 19.4 Å². The predicted molar refractivity (Wildman–Crippen MR) is 52.7 cm³/mol. The third-order valence-electron chi connectivity index (χ3n) is 2.30. The Balaban J connectivity index is 2.22. The monoisotopic (exact) mass is 199 g/mol. The molecule has 0 aromatic heterocycles. The Bertz CT molecular complexity index is 209. The van der Waals surface area contributed by atoms with Crippen molar-refractivity contribution < 1.29 is 14.3 Å². The Morgan fingerprint density at radius 1 is 1.71 bits per heavy atom. The predicted octanol–water partition coefficient (Wildman–Crippen LogP) is 0.830. The van der Waals surface area contributed by atoms with Gasteiger partial charge in [0.2, 0.25) is 0 Å². The number of rotatable bonds is 4. The van der Waals surface area contributed by atoms with Gasteiger partial charge in [0.15, 0.2) is 0 Å². The fourth-order valence-corrected chi connectivity index (χ4v) is 1.44. The van der Waals surface area contributed by atoms with Gasteiger partial charge in [0, 0.05) is 24.9 Å². The van der Waals surface area contributed by atoms with Gasteiger partial charge in [-0.2, -0.15) is 0 Å². The second-order valence-electron chi connectivity index (χ2n) is 3.36. The molecule has 1 N–H and O–H groups in total. The quantitative estimate of drug-likeness (QED) is 0.538. The molecule has 1 aliphatic heterocycles. The SMILES string of the molecule is COC(=O)/C=C/NC(C)C1CCCO1. The standard InChI is InChI=1S/C10H17NO3/c1-8(9-4-3-7-14-9)11-6-5-10(12)13-2/h5-6,8-9,11H,3-4,7H2,1-2H3/b6-5+. The van der Waals surface area contributed by atoms with Gasteiger partial charge in [0.25, 0.3) is 0 Å². The first-order valence-electron chi connectivity index (χ1n) is 4.86. The van der Waals surface area contributed by atoms with E-state index in [-0.39, 0.29) is 18.1 Å². The molecule has 0 aliphatic carbocycles. The number of carbonyl (C=O) groups excluding carboxylic acids is 1. The van der Waals surface area contributed by atoms with Crippen LogP contribution in [-0.2, 0) is 14.3 Å². The number of hydrogen-bond donors (Lipinski definition) is 1. The van der Waals surface area contributed by atoms with Crippen molar-refractivity contribution >= 4 is 5.97 Å². The van der Waals surface area contributed by atoms with Gasteiger partial charge >= 0.3 is 5.97 Å². The van der Waals surface area contributed by atoms with Crippen LogP contribution in [0.1, 0.15) is 19.8 Å². The number of nitrogens with one attached hydrogen (secondary N) is 1. The first-order valence-corrected chi connectivity index (χ1v) is 4.86. The van der Waals surface area contributed by atoms with Crippen molar-refractivity contribution in [3.63, 3.8) is 0 Å². The van der Waals surface area contributed by atoms with E-state index >= 15 is 0 Å². The maximum Gasteiger partial charge on any atom is 0.331 e. The molecule has 1 heterocycles. The summed E-state index contributed by atoms with van der Waals surface area (Å²) in [6, 6.07) is 0.235. The van der Waals surface area contributed by atoms with Crippen molar-refractivity contribution in [1.29, 1.82) is 0 Å². The number of hydrogen-bond acceptors (Lipinski definition) is 4. The Kier molecular flexibility index (Phi) is 4.46. The summed E-state index contributed by atoms with van der Waals surface area (Å²) in [5, 5.41) is 3.08. The molecule has 1 saturated heterocycles. The fraction of sp³-hybridized carbons (Fsp3) is 0.700. The maximum atomic E-state index is 10.7. The maximum absolute atomic E-state index is 10.7. The lowest BCUT2D eigenvalue weighted by atomic mass is 10.1.